The van der Waals surface area contributed by atoms with Crippen LogP contribution in [0.25, 0.3) is 94.4 Å². The third-order valence-corrected chi connectivity index (χ3v) is 18.8. The molecule has 364 valence electrons. The van der Waals surface area contributed by atoms with Crippen molar-refractivity contribution in [2.75, 3.05) is 0 Å². The molecule has 0 spiro atoms. The fraction of sp³-hybridized carbons (Fsp3) is 0.227. The molecule has 0 heterocycles. The minimum Gasteiger partial charge on any atom is -0.0836 e. The lowest BCUT2D eigenvalue weighted by molar-refractivity contribution is 0.294. The van der Waals surface area contributed by atoms with Crippen molar-refractivity contribution in [3.8, 4) is 33.4 Å². The van der Waals surface area contributed by atoms with Crippen LogP contribution in [0, 0.1) is 17.3 Å². The first-order valence-electron chi connectivity index (χ1n) is 27.8. The molecule has 8 aromatic rings. The summed E-state index contributed by atoms with van der Waals surface area (Å²) in [5, 5.41) is 5.49. The molecule has 0 aliphatic heterocycles. The summed E-state index contributed by atoms with van der Waals surface area (Å²) in [6.45, 7) is 19.3. The lowest BCUT2D eigenvalue weighted by Crippen LogP contribution is -2.25. The van der Waals surface area contributed by atoms with Gasteiger partial charge in [0.15, 0.2) is 0 Å². The molecule has 7 aliphatic rings. The average Bonchev–Trinajstić information content (AvgIpc) is 4.22. The molecular weight excluding hydrogens is 901 g/mol. The number of hydrogen-bond donors (Lipinski definition) is 0. The maximum absolute atomic E-state index is 2.68. The first kappa shape index (κ1) is 44.9. The molecule has 7 aliphatic carbocycles. The van der Waals surface area contributed by atoms with Crippen LogP contribution in [0.4, 0.5) is 0 Å². The summed E-state index contributed by atoms with van der Waals surface area (Å²) < 4.78 is 0. The van der Waals surface area contributed by atoms with Crippen LogP contribution in [0.15, 0.2) is 188 Å². The first-order chi connectivity index (χ1) is 36.3. The van der Waals surface area contributed by atoms with E-state index in [1.165, 1.54) is 150 Å². The van der Waals surface area contributed by atoms with Crippen LogP contribution in [0.3, 0.4) is 0 Å². The van der Waals surface area contributed by atoms with E-state index in [9.17, 15) is 0 Å². The molecule has 0 saturated heterocycles. The normalized spacial score (nSPS) is 20.4. The number of hydrogen-bond acceptors (Lipinski definition) is 0. The van der Waals surface area contributed by atoms with E-state index in [4.69, 9.17) is 0 Å². The topological polar surface area (TPSA) is 0 Å². The molecule has 0 heteroatoms. The highest BCUT2D eigenvalue weighted by Crippen LogP contribution is 2.65. The van der Waals surface area contributed by atoms with E-state index in [0.29, 0.717) is 5.92 Å². The third kappa shape index (κ3) is 6.35. The maximum atomic E-state index is 2.68. The summed E-state index contributed by atoms with van der Waals surface area (Å²) in [5.74, 6) is 0.775. The molecule has 0 fully saturated rings. The standard InChI is InChI=1S/C75H64/c1-73(2,3)47-35-36-55-63(40-47)75(7,8)64-41-48(74(4,5)6)39-59(68(55)64)46-34-33-45-38-61-67-54(58(45)37-46)30-20-32-57(67)71-69(52-28-18-15-25-49(52)43-21-11-9-12-22-43)62-42-60-51-27-17-16-26-50(51)53-29-19-31-56(66(53)60)70(62)65(72(61)71)44-23-13-10-14-24-44/h9-16,18-26,28-38,40-42,48,54,67H,17,27,39H2,1-8H3. The molecule has 0 nitrogen and oxygen atoms in total. The van der Waals surface area contributed by atoms with E-state index in [0.717, 1.165) is 19.3 Å². The summed E-state index contributed by atoms with van der Waals surface area (Å²) in [7, 11) is 0. The maximum Gasteiger partial charge on any atom is 0.0206 e. The van der Waals surface area contributed by atoms with E-state index < -0.39 is 0 Å². The zero-order valence-electron chi connectivity index (χ0n) is 44.8. The molecule has 0 bridgehead atoms. The monoisotopic (exact) mass is 965 g/mol. The van der Waals surface area contributed by atoms with Crippen molar-refractivity contribution >= 4 is 61.1 Å². The molecular formula is C75H64. The van der Waals surface area contributed by atoms with Gasteiger partial charge in [0, 0.05) is 17.3 Å². The van der Waals surface area contributed by atoms with Gasteiger partial charge in [0.2, 0.25) is 0 Å². The Hall–Kier alpha value is -7.54. The Bertz CT molecular complexity index is 4090. The quantitative estimate of drug-likeness (QED) is 0.154. The minimum absolute atomic E-state index is 0.0771. The predicted octanol–water partition coefficient (Wildman–Crippen LogP) is 20.3. The highest BCUT2D eigenvalue weighted by Gasteiger charge is 2.47. The molecule has 8 aromatic carbocycles. The van der Waals surface area contributed by atoms with Crippen molar-refractivity contribution in [2.24, 2.45) is 17.3 Å². The van der Waals surface area contributed by atoms with Crippen LogP contribution >= 0.6 is 0 Å². The summed E-state index contributed by atoms with van der Waals surface area (Å²) in [6, 6.07) is 56.6. The predicted molar refractivity (Wildman–Crippen MR) is 321 cm³/mol. The van der Waals surface area contributed by atoms with Crippen LogP contribution in [0.1, 0.15) is 136 Å². The Labute approximate surface area is 444 Å². The second-order valence-electron chi connectivity index (χ2n) is 25.4. The summed E-state index contributed by atoms with van der Waals surface area (Å²) in [6.07, 6.45) is 20.7. The van der Waals surface area contributed by atoms with E-state index in [1.807, 2.05) is 0 Å². The fourth-order valence-electron chi connectivity index (χ4n) is 15.0. The van der Waals surface area contributed by atoms with E-state index in [1.54, 1.807) is 0 Å². The van der Waals surface area contributed by atoms with Crippen molar-refractivity contribution in [2.45, 2.75) is 91.4 Å². The van der Waals surface area contributed by atoms with Gasteiger partial charge in [-0.05, 0) is 192 Å². The molecule has 0 radical (unpaired) electrons. The second kappa shape index (κ2) is 15.8. The van der Waals surface area contributed by atoms with Gasteiger partial charge in [-0.1, -0.05) is 237 Å². The smallest absolute Gasteiger partial charge is 0.0206 e. The Morgan fingerprint density at radius 1 is 0.560 bits per heavy atom. The van der Waals surface area contributed by atoms with Gasteiger partial charge in [-0.3, -0.25) is 0 Å². The van der Waals surface area contributed by atoms with Crippen molar-refractivity contribution in [3.05, 3.63) is 243 Å². The summed E-state index contributed by atoms with van der Waals surface area (Å²) in [5.41, 5.74) is 32.3. The molecule has 75 heavy (non-hydrogen) atoms. The van der Waals surface area contributed by atoms with Crippen molar-refractivity contribution in [1.82, 2.24) is 0 Å². The van der Waals surface area contributed by atoms with Gasteiger partial charge in [0.1, 0.15) is 0 Å². The van der Waals surface area contributed by atoms with Gasteiger partial charge in [-0.2, -0.15) is 0 Å². The Balaban J connectivity index is 1.01. The number of fused-ring (bicyclic) bond motifs is 12. The Morgan fingerprint density at radius 2 is 1.29 bits per heavy atom. The number of rotatable bonds is 4. The third-order valence-electron chi connectivity index (χ3n) is 18.8. The van der Waals surface area contributed by atoms with Gasteiger partial charge in [-0.15, -0.1) is 0 Å². The van der Waals surface area contributed by atoms with Gasteiger partial charge in [0.25, 0.3) is 0 Å². The lowest BCUT2D eigenvalue weighted by Gasteiger charge is -2.37. The minimum atomic E-state index is -0.0931. The summed E-state index contributed by atoms with van der Waals surface area (Å²) >= 11 is 0. The highest BCUT2D eigenvalue weighted by molar-refractivity contribution is 6.31. The van der Waals surface area contributed by atoms with Gasteiger partial charge >= 0.3 is 0 Å². The molecule has 3 unspecified atom stereocenters. The molecule has 15 rings (SSSR count). The Kier molecular flexibility index (Phi) is 9.43. The summed E-state index contributed by atoms with van der Waals surface area (Å²) in [4.78, 5) is 0. The molecule has 0 N–H and O–H groups in total. The van der Waals surface area contributed by atoms with Crippen molar-refractivity contribution in [3.63, 3.8) is 0 Å². The lowest BCUT2D eigenvalue weighted by atomic mass is 9.67. The first-order valence-corrected chi connectivity index (χ1v) is 27.8. The van der Waals surface area contributed by atoms with Crippen LogP contribution < -0.4 is 0 Å². The number of allylic oxidation sites excluding steroid dienone is 13. The van der Waals surface area contributed by atoms with Crippen LogP contribution in [-0.4, -0.2) is 0 Å². The zero-order chi connectivity index (χ0) is 50.9. The van der Waals surface area contributed by atoms with Gasteiger partial charge in [0.05, 0.1) is 0 Å². The van der Waals surface area contributed by atoms with Crippen molar-refractivity contribution in [1.29, 1.82) is 0 Å². The second-order valence-corrected chi connectivity index (χ2v) is 25.4. The average molecular weight is 965 g/mol. The van der Waals surface area contributed by atoms with Crippen LogP contribution in [-0.2, 0) is 10.8 Å². The number of benzene rings is 8. The van der Waals surface area contributed by atoms with Crippen LogP contribution in [0.5, 0.6) is 0 Å². The Morgan fingerprint density at radius 3 is 2.07 bits per heavy atom. The van der Waals surface area contributed by atoms with Gasteiger partial charge in [-0.25, -0.2) is 0 Å². The van der Waals surface area contributed by atoms with Crippen LogP contribution in [0.2, 0.25) is 0 Å². The molecule has 0 amide bonds. The molecule has 0 saturated carbocycles. The van der Waals surface area contributed by atoms with Gasteiger partial charge < -0.3 is 0 Å². The zero-order valence-corrected chi connectivity index (χ0v) is 44.8. The molecule has 3 atom stereocenters. The van der Waals surface area contributed by atoms with Crippen molar-refractivity contribution < 1.29 is 0 Å². The fourth-order valence-corrected chi connectivity index (χ4v) is 15.0. The highest BCUT2D eigenvalue weighted by atomic mass is 14.5. The van der Waals surface area contributed by atoms with E-state index >= 15 is 0 Å². The largest absolute Gasteiger partial charge is 0.0836 e. The SMILES string of the molecule is CC(C)(C)c1ccc2c(c1)C(C)(C)C1=CC(C(C)(C)C)CC(c3ccc4c(c3)C3C=CC=C5c6c(c(-c7ccccc7)c7c(cc8c9c(cccc97)C7=C8CCC=C7)c6-c6ccccc6-c6ccccc6)C(=C4)C53)=C12. The van der Waals surface area contributed by atoms with E-state index in [2.05, 4.69) is 244 Å². The van der Waals surface area contributed by atoms with E-state index in [-0.39, 0.29) is 28.1 Å². The molecule has 0 aromatic heterocycles.